The number of fused-ring (bicyclic) bond motifs is 2. The highest BCUT2D eigenvalue weighted by molar-refractivity contribution is 5.64. The highest BCUT2D eigenvalue weighted by Gasteiger charge is 2.47. The average molecular weight is 427 g/mol. The zero-order valence-electron chi connectivity index (χ0n) is 19.5. The minimum Gasteiger partial charge on any atom is -0.457 e. The third-order valence-corrected chi connectivity index (χ3v) is 6.63. The fraction of sp³-hybridized carbons (Fsp3) is 0.520. The van der Waals surface area contributed by atoms with E-state index in [0.29, 0.717) is 13.1 Å². The van der Waals surface area contributed by atoms with Gasteiger partial charge < -0.3 is 20.6 Å². The van der Waals surface area contributed by atoms with Crippen LogP contribution in [0.25, 0.3) is 0 Å². The fourth-order valence-electron chi connectivity index (χ4n) is 4.91. The van der Waals surface area contributed by atoms with Gasteiger partial charge in [0.1, 0.15) is 17.0 Å². The summed E-state index contributed by atoms with van der Waals surface area (Å²) >= 11 is 0. The van der Waals surface area contributed by atoms with Crippen LogP contribution in [0, 0.1) is 0 Å². The number of ether oxygens (including phenoxy) is 1. The van der Waals surface area contributed by atoms with E-state index in [1.807, 2.05) is 6.08 Å². The monoisotopic (exact) mass is 426 g/mol. The maximum atomic E-state index is 11.2. The van der Waals surface area contributed by atoms with Crippen molar-refractivity contribution in [2.24, 2.45) is 5.73 Å². The van der Waals surface area contributed by atoms with E-state index in [-0.39, 0.29) is 6.04 Å². The quantitative estimate of drug-likeness (QED) is 0.437. The highest BCUT2D eigenvalue weighted by Crippen LogP contribution is 2.51. The van der Waals surface area contributed by atoms with E-state index in [9.17, 15) is 5.21 Å². The maximum absolute atomic E-state index is 11.2. The van der Waals surface area contributed by atoms with Crippen LogP contribution < -0.4 is 15.4 Å². The Morgan fingerprint density at radius 3 is 2.48 bits per heavy atom. The molecule has 0 spiro atoms. The van der Waals surface area contributed by atoms with E-state index >= 15 is 0 Å². The summed E-state index contributed by atoms with van der Waals surface area (Å²) in [6, 6.07) is 6.50. The third kappa shape index (κ3) is 4.05. The first-order valence-corrected chi connectivity index (χ1v) is 11.5. The molecule has 2 atom stereocenters. The molecule has 0 saturated heterocycles. The lowest BCUT2D eigenvalue weighted by Gasteiger charge is -2.46. The Kier molecular flexibility index (Phi) is 7.59. The van der Waals surface area contributed by atoms with Crippen molar-refractivity contribution >= 4 is 5.69 Å². The van der Waals surface area contributed by atoms with E-state index < -0.39 is 5.54 Å². The minimum absolute atomic E-state index is 0.269. The van der Waals surface area contributed by atoms with Gasteiger partial charge in [0, 0.05) is 55.1 Å². The predicted octanol–water partition coefficient (Wildman–Crippen LogP) is 3.88. The molecular weight excluding hydrogens is 388 g/mol. The Morgan fingerprint density at radius 2 is 1.90 bits per heavy atom. The van der Waals surface area contributed by atoms with Crippen LogP contribution in [0.5, 0.6) is 5.75 Å². The molecule has 170 valence electrons. The van der Waals surface area contributed by atoms with Gasteiger partial charge in [0.15, 0.2) is 0 Å². The second-order valence-corrected chi connectivity index (χ2v) is 8.01. The zero-order valence-corrected chi connectivity index (χ0v) is 19.5. The molecule has 3 N–H and O–H groups in total. The lowest BCUT2D eigenvalue weighted by Crippen LogP contribution is -2.50. The van der Waals surface area contributed by atoms with Crippen LogP contribution >= 0.6 is 0 Å². The van der Waals surface area contributed by atoms with E-state index in [1.165, 1.54) is 5.06 Å². The van der Waals surface area contributed by atoms with Crippen LogP contribution in [0.2, 0.25) is 0 Å². The molecule has 0 amide bonds. The number of hydroxylamine groups is 2. The van der Waals surface area contributed by atoms with Crippen molar-refractivity contribution in [3.8, 4) is 5.75 Å². The summed E-state index contributed by atoms with van der Waals surface area (Å²) in [5.74, 6) is 1.55. The molecule has 6 nitrogen and oxygen atoms in total. The van der Waals surface area contributed by atoms with E-state index in [0.717, 1.165) is 60.9 Å². The van der Waals surface area contributed by atoms with Crippen LogP contribution in [0.4, 0.5) is 5.69 Å². The van der Waals surface area contributed by atoms with E-state index in [4.69, 9.17) is 10.5 Å². The summed E-state index contributed by atoms with van der Waals surface area (Å²) in [6.45, 7) is 17.2. The maximum Gasteiger partial charge on any atom is 0.135 e. The topological polar surface area (TPSA) is 65.2 Å². The smallest absolute Gasteiger partial charge is 0.135 e. The van der Waals surface area contributed by atoms with Crippen molar-refractivity contribution in [1.82, 2.24) is 9.96 Å². The molecule has 0 bridgehead atoms. The Hall–Kier alpha value is -2.12. The van der Waals surface area contributed by atoms with Crippen molar-refractivity contribution in [2.45, 2.75) is 45.7 Å². The van der Waals surface area contributed by atoms with Crippen LogP contribution in [-0.2, 0) is 5.54 Å². The van der Waals surface area contributed by atoms with E-state index in [1.54, 1.807) is 0 Å². The van der Waals surface area contributed by atoms with Crippen LogP contribution in [0.3, 0.4) is 0 Å². The normalized spacial score (nSPS) is 22.4. The molecule has 1 aromatic rings. The van der Waals surface area contributed by atoms with E-state index in [2.05, 4.69) is 74.4 Å². The first-order chi connectivity index (χ1) is 15.0. The van der Waals surface area contributed by atoms with Gasteiger partial charge in [-0.15, -0.1) is 6.58 Å². The Balaban J connectivity index is 2.17. The van der Waals surface area contributed by atoms with Crippen LogP contribution in [0.15, 0.2) is 54.3 Å². The molecule has 31 heavy (non-hydrogen) atoms. The molecule has 0 aromatic heterocycles. The molecule has 1 aromatic carbocycles. The molecule has 0 saturated carbocycles. The van der Waals surface area contributed by atoms with Crippen LogP contribution in [0.1, 0.15) is 39.7 Å². The lowest BCUT2D eigenvalue weighted by molar-refractivity contribution is -0.147. The Labute approximate surface area is 187 Å². The molecule has 2 aliphatic rings. The Morgan fingerprint density at radius 1 is 1.19 bits per heavy atom. The number of hydrogen-bond acceptors (Lipinski definition) is 6. The lowest BCUT2D eigenvalue weighted by atomic mass is 9.76. The molecule has 1 aliphatic heterocycles. The highest BCUT2D eigenvalue weighted by atomic mass is 16.5. The number of rotatable bonds is 10. The average Bonchev–Trinajstić information content (AvgIpc) is 2.79. The van der Waals surface area contributed by atoms with Crippen LogP contribution in [-0.4, -0.2) is 60.5 Å². The number of anilines is 1. The van der Waals surface area contributed by atoms with Gasteiger partial charge in [-0.1, -0.05) is 32.1 Å². The molecule has 6 heteroatoms. The van der Waals surface area contributed by atoms with Crippen molar-refractivity contribution < 1.29 is 9.94 Å². The number of nitrogens with two attached hydrogens (primary N) is 1. The van der Waals surface area contributed by atoms with Crippen molar-refractivity contribution in [3.63, 3.8) is 0 Å². The van der Waals surface area contributed by atoms with Gasteiger partial charge >= 0.3 is 0 Å². The first-order valence-electron chi connectivity index (χ1n) is 11.5. The molecule has 3 rings (SSSR count). The fourth-order valence-corrected chi connectivity index (χ4v) is 4.91. The predicted molar refractivity (Wildman–Crippen MR) is 128 cm³/mol. The number of hydrogen-bond donors (Lipinski definition) is 2. The first kappa shape index (κ1) is 23.5. The molecule has 2 unspecified atom stereocenters. The summed E-state index contributed by atoms with van der Waals surface area (Å²) < 4.78 is 6.49. The minimum atomic E-state index is -0.894. The van der Waals surface area contributed by atoms with Gasteiger partial charge in [0.05, 0.1) is 0 Å². The number of benzene rings is 1. The van der Waals surface area contributed by atoms with Gasteiger partial charge in [-0.25, -0.2) is 0 Å². The summed E-state index contributed by atoms with van der Waals surface area (Å²) in [6.07, 6.45) is 7.08. The second-order valence-electron chi connectivity index (χ2n) is 8.01. The summed E-state index contributed by atoms with van der Waals surface area (Å²) in [5.41, 5.74) is 7.86. The summed E-state index contributed by atoms with van der Waals surface area (Å²) in [7, 11) is 0. The largest absolute Gasteiger partial charge is 0.457 e. The SMILES string of the molecule is C=CC1(N(O)CCN)C2=CCC(N(CC)CC)C=C2Oc2cc(N(CC)CC)ccc21. The number of likely N-dealkylation sites (N-methyl/N-ethyl adjacent to an activating group) is 1. The summed E-state index contributed by atoms with van der Waals surface area (Å²) in [4.78, 5) is 4.70. The molecule has 1 heterocycles. The van der Waals surface area contributed by atoms with Gasteiger partial charge in [0.2, 0.25) is 0 Å². The molecule has 0 radical (unpaired) electrons. The Bertz CT molecular complexity index is 842. The van der Waals surface area contributed by atoms with Crippen molar-refractivity contribution in [1.29, 1.82) is 0 Å². The van der Waals surface area contributed by atoms with Gasteiger partial charge in [-0.2, -0.15) is 5.06 Å². The van der Waals surface area contributed by atoms with Gasteiger partial charge in [0.25, 0.3) is 0 Å². The van der Waals surface area contributed by atoms with Crippen molar-refractivity contribution in [3.05, 3.63) is 59.9 Å². The third-order valence-electron chi connectivity index (χ3n) is 6.63. The molecule has 0 fully saturated rings. The number of nitrogens with zero attached hydrogens (tertiary/aromatic N) is 3. The standard InChI is InChI=1S/C25H38N4O2/c1-6-25(29(30)16-15-26)21-13-11-19(27(7-2)8-3)17-23(21)31-24-18-20(12-14-22(24)25)28(9-4)10-5/h6,11,13-14,17-18,20,30H,1,7-10,12,15-16,26H2,2-5H3. The van der Waals surface area contributed by atoms with Gasteiger partial charge in [-0.05, 0) is 45.5 Å². The summed E-state index contributed by atoms with van der Waals surface area (Å²) in [5, 5.41) is 12.5. The van der Waals surface area contributed by atoms with Crippen molar-refractivity contribution in [2.75, 3.05) is 44.2 Å². The molecule has 1 aliphatic carbocycles. The second kappa shape index (κ2) is 10.0. The van der Waals surface area contributed by atoms with Gasteiger partial charge in [-0.3, -0.25) is 4.90 Å². The molecular formula is C25H38N4O2. The zero-order chi connectivity index (χ0) is 22.6.